The molecule has 0 aliphatic carbocycles. The lowest BCUT2D eigenvalue weighted by atomic mass is 9.96. The number of para-hydroxylation sites is 2. The highest BCUT2D eigenvalue weighted by molar-refractivity contribution is 6.18. The van der Waals surface area contributed by atoms with Crippen LogP contribution in [0.3, 0.4) is 0 Å². The Morgan fingerprint density at radius 3 is 1.75 bits per heavy atom. The van der Waals surface area contributed by atoms with Gasteiger partial charge >= 0.3 is 0 Å². The van der Waals surface area contributed by atoms with Crippen LogP contribution in [0.15, 0.2) is 199 Å². The Hall–Kier alpha value is -8.15. The zero-order valence-electron chi connectivity index (χ0n) is 32.2. The first-order valence-corrected chi connectivity index (χ1v) is 20.3. The highest BCUT2D eigenvalue weighted by Gasteiger charge is 2.25. The van der Waals surface area contributed by atoms with Crippen molar-refractivity contribution in [2.24, 2.45) is 0 Å². The molecule has 0 saturated heterocycles. The lowest BCUT2D eigenvalue weighted by Gasteiger charge is -2.17. The van der Waals surface area contributed by atoms with E-state index in [4.69, 9.17) is 19.4 Å². The van der Waals surface area contributed by atoms with Crippen molar-refractivity contribution in [1.82, 2.24) is 19.5 Å². The summed E-state index contributed by atoms with van der Waals surface area (Å²) in [5, 5.41) is 13.6. The molecule has 0 radical (unpaired) electrons. The SMILES string of the molecule is c1ccc2cc(-c3nc(-c4ccc5oc6ccccc6c5c4-n4c5ccccc5c5cc6ccccc6cc54)nc(-c4cc5ccccc5c5ccccc45)n3)ccc2c1. The van der Waals surface area contributed by atoms with Crippen molar-refractivity contribution >= 4 is 86.8 Å². The molecule has 0 atom stereocenters. The van der Waals surface area contributed by atoms with E-state index in [1.165, 1.54) is 26.9 Å². The average Bonchev–Trinajstić information content (AvgIpc) is 3.85. The van der Waals surface area contributed by atoms with E-state index in [1.54, 1.807) is 0 Å². The molecular formula is C55H32N4O. The Morgan fingerprint density at radius 1 is 0.333 bits per heavy atom. The summed E-state index contributed by atoms with van der Waals surface area (Å²) >= 11 is 0. The number of hydrogen-bond acceptors (Lipinski definition) is 4. The van der Waals surface area contributed by atoms with E-state index in [9.17, 15) is 0 Å². The Bertz CT molecular complexity index is 3910. The Morgan fingerprint density at radius 2 is 0.933 bits per heavy atom. The van der Waals surface area contributed by atoms with Crippen molar-refractivity contribution in [3.8, 4) is 39.9 Å². The van der Waals surface area contributed by atoms with Gasteiger partial charge in [0, 0.05) is 32.8 Å². The quantitative estimate of drug-likeness (QED) is 0.167. The molecule has 0 bridgehead atoms. The number of furan rings is 1. The van der Waals surface area contributed by atoms with Gasteiger partial charge in [0.25, 0.3) is 0 Å². The monoisotopic (exact) mass is 764 g/mol. The highest BCUT2D eigenvalue weighted by atomic mass is 16.3. The van der Waals surface area contributed by atoms with Gasteiger partial charge in [-0.3, -0.25) is 0 Å². The van der Waals surface area contributed by atoms with Crippen LogP contribution >= 0.6 is 0 Å². The maximum absolute atomic E-state index is 6.63. The smallest absolute Gasteiger partial charge is 0.166 e. The molecule has 3 aromatic heterocycles. The number of aromatic nitrogens is 4. The third-order valence-corrected chi connectivity index (χ3v) is 12.2. The number of benzene rings is 10. The van der Waals surface area contributed by atoms with Crippen LogP contribution in [-0.2, 0) is 0 Å². The first kappa shape index (κ1) is 32.9. The molecular weight excluding hydrogens is 733 g/mol. The number of rotatable bonds is 4. The van der Waals surface area contributed by atoms with E-state index in [2.05, 4.69) is 187 Å². The van der Waals surface area contributed by atoms with Crippen LogP contribution in [0, 0.1) is 0 Å². The van der Waals surface area contributed by atoms with Crippen LogP contribution in [0.25, 0.3) is 127 Å². The fourth-order valence-corrected chi connectivity index (χ4v) is 9.42. The molecule has 0 spiro atoms. The number of hydrogen-bond donors (Lipinski definition) is 0. The fourth-order valence-electron chi connectivity index (χ4n) is 9.42. The van der Waals surface area contributed by atoms with Gasteiger partial charge in [-0.2, -0.15) is 0 Å². The normalized spacial score (nSPS) is 12.0. The molecule has 0 amide bonds. The predicted molar refractivity (Wildman–Crippen MR) is 248 cm³/mol. The molecule has 13 rings (SSSR count). The lowest BCUT2D eigenvalue weighted by Crippen LogP contribution is -2.04. The predicted octanol–water partition coefficient (Wildman–Crippen LogP) is 14.5. The van der Waals surface area contributed by atoms with Crippen molar-refractivity contribution in [2.75, 3.05) is 0 Å². The van der Waals surface area contributed by atoms with E-state index in [0.717, 1.165) is 82.3 Å². The maximum atomic E-state index is 6.63. The van der Waals surface area contributed by atoms with Crippen molar-refractivity contribution in [3.05, 3.63) is 194 Å². The molecule has 0 N–H and O–H groups in total. The summed E-state index contributed by atoms with van der Waals surface area (Å²) < 4.78 is 9.03. The second kappa shape index (κ2) is 12.7. The van der Waals surface area contributed by atoms with Gasteiger partial charge in [-0.05, 0) is 91.6 Å². The molecule has 3 heterocycles. The summed E-state index contributed by atoms with van der Waals surface area (Å²) in [6.07, 6.45) is 0. The summed E-state index contributed by atoms with van der Waals surface area (Å²) in [5.41, 5.74) is 7.52. The largest absolute Gasteiger partial charge is 0.456 e. The van der Waals surface area contributed by atoms with Crippen LogP contribution in [0.5, 0.6) is 0 Å². The molecule has 0 fully saturated rings. The molecule has 10 aromatic carbocycles. The molecule has 278 valence electrons. The van der Waals surface area contributed by atoms with Gasteiger partial charge in [0.2, 0.25) is 0 Å². The third kappa shape index (κ3) is 4.90. The van der Waals surface area contributed by atoms with Crippen LogP contribution < -0.4 is 0 Å². The van der Waals surface area contributed by atoms with Gasteiger partial charge in [0.05, 0.1) is 22.1 Å². The molecule has 0 unspecified atom stereocenters. The van der Waals surface area contributed by atoms with Gasteiger partial charge in [-0.1, -0.05) is 146 Å². The molecule has 0 saturated carbocycles. The summed E-state index contributed by atoms with van der Waals surface area (Å²) in [6, 6.07) is 68.6. The van der Waals surface area contributed by atoms with E-state index in [1.807, 2.05) is 12.1 Å². The minimum Gasteiger partial charge on any atom is -0.456 e. The Labute approximate surface area is 343 Å². The van der Waals surface area contributed by atoms with E-state index in [0.29, 0.717) is 17.5 Å². The van der Waals surface area contributed by atoms with Gasteiger partial charge in [-0.15, -0.1) is 0 Å². The van der Waals surface area contributed by atoms with E-state index >= 15 is 0 Å². The Balaban J connectivity index is 1.18. The van der Waals surface area contributed by atoms with Gasteiger partial charge < -0.3 is 8.98 Å². The van der Waals surface area contributed by atoms with Crippen molar-refractivity contribution < 1.29 is 4.42 Å². The van der Waals surface area contributed by atoms with Crippen molar-refractivity contribution in [3.63, 3.8) is 0 Å². The minimum absolute atomic E-state index is 0.578. The van der Waals surface area contributed by atoms with Crippen LogP contribution in [0.4, 0.5) is 0 Å². The van der Waals surface area contributed by atoms with Gasteiger partial charge in [-0.25, -0.2) is 15.0 Å². The molecule has 60 heavy (non-hydrogen) atoms. The maximum Gasteiger partial charge on any atom is 0.166 e. The number of fused-ring (bicyclic) bond motifs is 11. The second-order valence-corrected chi connectivity index (χ2v) is 15.6. The first-order chi connectivity index (χ1) is 29.7. The van der Waals surface area contributed by atoms with Crippen LogP contribution in [-0.4, -0.2) is 19.5 Å². The Kier molecular flexibility index (Phi) is 6.95. The van der Waals surface area contributed by atoms with Gasteiger partial charge in [0.1, 0.15) is 11.2 Å². The zero-order chi connectivity index (χ0) is 39.3. The lowest BCUT2D eigenvalue weighted by molar-refractivity contribution is 0.669. The van der Waals surface area contributed by atoms with Crippen LogP contribution in [0.1, 0.15) is 0 Å². The topological polar surface area (TPSA) is 56.7 Å². The summed E-state index contributed by atoms with van der Waals surface area (Å²) in [6.45, 7) is 0. The molecule has 0 aliphatic rings. The summed E-state index contributed by atoms with van der Waals surface area (Å²) in [7, 11) is 0. The highest BCUT2D eigenvalue weighted by Crippen LogP contribution is 2.44. The third-order valence-electron chi connectivity index (χ3n) is 12.2. The van der Waals surface area contributed by atoms with E-state index < -0.39 is 0 Å². The standard InChI is InChI=1S/C55H32N4O/c1-2-14-34-29-38(26-25-33(34)13-1)53-56-54(58-55(57-53)46-31-37-17-5-6-18-39(37)40-19-7-8-20-41(40)46)44-27-28-50-51(43-22-10-12-24-49(43)60-50)52(44)59-47-23-11-9-21-42(47)45-30-35-15-3-4-16-36(35)32-48(45)59/h1-32H. The first-order valence-electron chi connectivity index (χ1n) is 20.3. The summed E-state index contributed by atoms with van der Waals surface area (Å²) in [4.78, 5) is 16.3. The van der Waals surface area contributed by atoms with Crippen molar-refractivity contribution in [2.45, 2.75) is 0 Å². The van der Waals surface area contributed by atoms with Crippen molar-refractivity contribution in [1.29, 1.82) is 0 Å². The average molecular weight is 765 g/mol. The second-order valence-electron chi connectivity index (χ2n) is 15.6. The number of nitrogens with zero attached hydrogens (tertiary/aromatic N) is 4. The molecule has 5 nitrogen and oxygen atoms in total. The summed E-state index contributed by atoms with van der Waals surface area (Å²) in [5.74, 6) is 1.80. The molecule has 0 aliphatic heterocycles. The molecule has 5 heteroatoms. The van der Waals surface area contributed by atoms with Gasteiger partial charge in [0.15, 0.2) is 17.5 Å². The van der Waals surface area contributed by atoms with E-state index in [-0.39, 0.29) is 0 Å². The fraction of sp³-hybridized carbons (Fsp3) is 0. The van der Waals surface area contributed by atoms with Crippen LogP contribution in [0.2, 0.25) is 0 Å². The molecule has 13 aromatic rings. The zero-order valence-corrected chi connectivity index (χ0v) is 32.2. The minimum atomic E-state index is 0.578.